The topological polar surface area (TPSA) is 48.5 Å². The Balaban J connectivity index is 1.17. The van der Waals surface area contributed by atoms with E-state index in [0.717, 1.165) is 43.2 Å². The van der Waals surface area contributed by atoms with E-state index in [1.54, 1.807) is 0 Å². The molecule has 0 radical (unpaired) electrons. The van der Waals surface area contributed by atoms with Crippen molar-refractivity contribution in [3.63, 3.8) is 0 Å². The van der Waals surface area contributed by atoms with Crippen LogP contribution < -0.4 is 10.2 Å². The average Bonchev–Trinajstić information content (AvgIpc) is 3.12. The molecule has 0 unspecified atom stereocenters. The molecule has 1 saturated carbocycles. The number of rotatable bonds is 4. The summed E-state index contributed by atoms with van der Waals surface area (Å²) in [6.07, 6.45) is -2.72. The Kier molecular flexibility index (Phi) is 5.11. The molecule has 1 N–H and O–H groups in total. The first-order valence-electron chi connectivity index (χ1n) is 11.7. The molecule has 0 aromatic carbocycles. The van der Waals surface area contributed by atoms with Crippen LogP contribution in [0.1, 0.15) is 42.5 Å². The molecule has 1 amide bonds. The first-order valence-corrected chi connectivity index (χ1v) is 12.5. The number of carbonyl (C=O) groups excluding carboxylic acids is 1. The van der Waals surface area contributed by atoms with Crippen LogP contribution in [-0.4, -0.2) is 60.2 Å². The number of likely N-dealkylation sites (tertiary alicyclic amines) is 1. The monoisotopic (exact) mass is 500 g/mol. The lowest BCUT2D eigenvalue weighted by atomic mass is 9.70. The van der Waals surface area contributed by atoms with Gasteiger partial charge >= 0.3 is 6.18 Å². The molecule has 7 rings (SSSR count). The number of carbonyl (C=O) groups is 1. The van der Waals surface area contributed by atoms with Gasteiger partial charge in [-0.25, -0.2) is 13.8 Å². The van der Waals surface area contributed by atoms with Crippen LogP contribution >= 0.6 is 11.3 Å². The number of halogens is 5. The summed E-state index contributed by atoms with van der Waals surface area (Å²) in [6.45, 7) is 2.20. The fourth-order valence-corrected chi connectivity index (χ4v) is 7.39. The van der Waals surface area contributed by atoms with Gasteiger partial charge in [0.15, 0.2) is 0 Å². The number of aromatic nitrogens is 1. The van der Waals surface area contributed by atoms with Crippen LogP contribution in [0.2, 0.25) is 0 Å². The molecule has 184 valence electrons. The summed E-state index contributed by atoms with van der Waals surface area (Å²) in [7, 11) is 0. The zero-order valence-electron chi connectivity index (χ0n) is 18.4. The molecule has 1 atom stereocenters. The number of hydrogen-bond acceptors (Lipinski definition) is 5. The van der Waals surface area contributed by atoms with Crippen molar-refractivity contribution in [2.75, 3.05) is 31.1 Å². The second-order valence-electron chi connectivity index (χ2n) is 10.4. The highest BCUT2D eigenvalue weighted by Gasteiger charge is 2.55. The molecule has 34 heavy (non-hydrogen) atoms. The number of pyridine rings is 1. The van der Waals surface area contributed by atoms with Crippen molar-refractivity contribution in [2.24, 2.45) is 11.3 Å². The molecule has 2 aromatic rings. The third-order valence-corrected chi connectivity index (χ3v) is 8.92. The van der Waals surface area contributed by atoms with Crippen LogP contribution in [0.4, 0.5) is 27.6 Å². The number of nitrogens with zero attached hydrogens (tertiary/aromatic N) is 3. The minimum absolute atomic E-state index is 0.0626. The zero-order valence-corrected chi connectivity index (χ0v) is 19.2. The van der Waals surface area contributed by atoms with Gasteiger partial charge in [0.05, 0.1) is 23.7 Å². The van der Waals surface area contributed by atoms with Crippen molar-refractivity contribution < 1.29 is 26.7 Å². The fraction of sp³-hybridized carbons (Fsp3) is 0.652. The molecule has 4 saturated heterocycles. The minimum atomic E-state index is -4.37. The van der Waals surface area contributed by atoms with E-state index in [4.69, 9.17) is 0 Å². The highest BCUT2D eigenvalue weighted by Crippen LogP contribution is 2.48. The number of anilines is 1. The summed E-state index contributed by atoms with van der Waals surface area (Å²) in [4.78, 5) is 21.1. The van der Waals surface area contributed by atoms with Crippen molar-refractivity contribution in [1.82, 2.24) is 15.2 Å². The van der Waals surface area contributed by atoms with Crippen LogP contribution in [0.5, 0.6) is 0 Å². The van der Waals surface area contributed by atoms with E-state index in [1.165, 1.54) is 6.07 Å². The lowest BCUT2D eigenvalue weighted by Crippen LogP contribution is -2.75. The van der Waals surface area contributed by atoms with Gasteiger partial charge in [0.2, 0.25) is 5.91 Å². The van der Waals surface area contributed by atoms with Gasteiger partial charge in [0.1, 0.15) is 4.83 Å². The molecule has 1 aliphatic carbocycles. The van der Waals surface area contributed by atoms with Crippen molar-refractivity contribution in [2.45, 2.75) is 56.8 Å². The van der Waals surface area contributed by atoms with E-state index in [1.807, 2.05) is 9.80 Å². The van der Waals surface area contributed by atoms with E-state index < -0.39 is 19.0 Å². The molecule has 1 spiro atoms. The van der Waals surface area contributed by atoms with Crippen molar-refractivity contribution in [1.29, 1.82) is 0 Å². The Bertz CT molecular complexity index is 1110. The van der Waals surface area contributed by atoms with E-state index in [0.29, 0.717) is 48.4 Å². The molecule has 11 heteroatoms. The Morgan fingerprint density at radius 1 is 1.18 bits per heavy atom. The van der Waals surface area contributed by atoms with Gasteiger partial charge in [-0.1, -0.05) is 0 Å². The molecule has 5 fully saturated rings. The lowest BCUT2D eigenvalue weighted by molar-refractivity contribution is -0.151. The summed E-state index contributed by atoms with van der Waals surface area (Å²) in [5.74, 6) is 0.544. The van der Waals surface area contributed by atoms with Crippen LogP contribution in [0.15, 0.2) is 12.3 Å². The zero-order chi connectivity index (χ0) is 23.8. The normalized spacial score (nSPS) is 28.0. The Hall–Kier alpha value is -2.01. The second-order valence-corrected chi connectivity index (χ2v) is 11.5. The van der Waals surface area contributed by atoms with Gasteiger partial charge in [-0.05, 0) is 37.7 Å². The summed E-state index contributed by atoms with van der Waals surface area (Å²) >= 11 is 0.894. The van der Waals surface area contributed by atoms with Crippen molar-refractivity contribution >= 4 is 33.1 Å². The predicted octanol–water partition coefficient (Wildman–Crippen LogP) is 4.52. The van der Waals surface area contributed by atoms with Crippen molar-refractivity contribution in [3.8, 4) is 0 Å². The molecular weight excluding hydrogens is 475 g/mol. The van der Waals surface area contributed by atoms with E-state index >= 15 is 0 Å². The van der Waals surface area contributed by atoms with Gasteiger partial charge in [-0.15, -0.1) is 11.3 Å². The van der Waals surface area contributed by atoms with E-state index in [-0.39, 0.29) is 33.5 Å². The van der Waals surface area contributed by atoms with Gasteiger partial charge in [0.25, 0.3) is 6.43 Å². The summed E-state index contributed by atoms with van der Waals surface area (Å²) in [5.41, 5.74) is -0.108. The number of fused-ring (bicyclic) bond motifs is 4. The van der Waals surface area contributed by atoms with Crippen LogP contribution in [0.3, 0.4) is 0 Å². The van der Waals surface area contributed by atoms with E-state index in [9.17, 15) is 26.7 Å². The predicted molar refractivity (Wildman–Crippen MR) is 118 cm³/mol. The maximum atomic E-state index is 13.8. The highest BCUT2D eigenvalue weighted by molar-refractivity contribution is 7.18. The number of amides is 1. The Morgan fingerprint density at radius 2 is 1.88 bits per heavy atom. The van der Waals surface area contributed by atoms with Crippen molar-refractivity contribution in [3.05, 3.63) is 22.7 Å². The minimum Gasteiger partial charge on any atom is -0.369 e. The Morgan fingerprint density at radius 3 is 2.47 bits per heavy atom. The maximum Gasteiger partial charge on any atom is 0.393 e. The highest BCUT2D eigenvalue weighted by atomic mass is 32.1. The molecule has 6 heterocycles. The number of hydrogen-bond donors (Lipinski definition) is 1. The number of nitrogens with one attached hydrogen (secondary N) is 1. The third-order valence-electron chi connectivity index (χ3n) is 7.88. The quantitative estimate of drug-likeness (QED) is 0.628. The standard InChI is InChI=1S/C23H25F5N4OS/c24-19(25)16-7-29-20-15(5-14(34-20)6-23(26,27)28)18(16)31-8-22(9-31)10-32(11-22)21(33)17-12-1-3-13(30-17)4-2-12/h5,7,12-13,17,19,30H,1-4,6,8-11H2/t12?,13?,17-/m1/s1. The van der Waals surface area contributed by atoms with Crippen LogP contribution in [-0.2, 0) is 11.2 Å². The number of alkyl halides is 5. The molecule has 4 aliphatic heterocycles. The number of thiophene rings is 1. The summed E-state index contributed by atoms with van der Waals surface area (Å²) < 4.78 is 66.2. The Labute approximate surface area is 197 Å². The molecule has 2 bridgehead atoms. The number of piperidine rings is 2. The maximum absolute atomic E-state index is 13.8. The van der Waals surface area contributed by atoms with Crippen LogP contribution in [0.25, 0.3) is 10.2 Å². The first kappa shape index (κ1) is 22.5. The molecular formula is C23H25F5N4OS. The molecule has 5 aliphatic rings. The smallest absolute Gasteiger partial charge is 0.369 e. The summed E-state index contributed by atoms with van der Waals surface area (Å²) in [6, 6.07) is 1.68. The van der Waals surface area contributed by atoms with Crippen LogP contribution in [0, 0.1) is 11.3 Å². The van der Waals surface area contributed by atoms with E-state index in [2.05, 4.69) is 10.3 Å². The lowest BCUT2D eigenvalue weighted by Gasteiger charge is -2.62. The van der Waals surface area contributed by atoms with Gasteiger partial charge in [0, 0.05) is 54.1 Å². The third kappa shape index (κ3) is 3.75. The summed E-state index contributed by atoms with van der Waals surface area (Å²) in [5, 5.41) is 3.84. The van der Waals surface area contributed by atoms with Gasteiger partial charge < -0.3 is 15.1 Å². The first-order chi connectivity index (χ1) is 16.1. The average molecular weight is 501 g/mol. The van der Waals surface area contributed by atoms with Gasteiger partial charge in [-0.3, -0.25) is 4.79 Å². The van der Waals surface area contributed by atoms with Gasteiger partial charge in [-0.2, -0.15) is 13.2 Å². The molecule has 5 nitrogen and oxygen atoms in total. The largest absolute Gasteiger partial charge is 0.393 e. The molecule has 2 aromatic heterocycles. The second kappa shape index (κ2) is 7.74. The SMILES string of the molecule is O=C([C@@H]1NC2CCC1CC2)N1CC2(C1)CN(c1c(C(F)F)cnc3sc(CC(F)(F)F)cc13)C2. The fourth-order valence-electron chi connectivity index (χ4n) is 6.36.